The molecular formula is C16H22N4O. The van der Waals surface area contributed by atoms with Crippen molar-refractivity contribution in [1.82, 2.24) is 14.5 Å². The normalized spacial score (nSPS) is 10.9. The van der Waals surface area contributed by atoms with E-state index in [4.69, 9.17) is 5.73 Å². The molecule has 0 spiro atoms. The van der Waals surface area contributed by atoms with Gasteiger partial charge in [-0.2, -0.15) is 0 Å². The minimum absolute atomic E-state index is 0.0513. The van der Waals surface area contributed by atoms with E-state index in [1.54, 1.807) is 12.5 Å². The molecule has 1 amide bonds. The minimum atomic E-state index is -0.0513. The first-order chi connectivity index (χ1) is 10.1. The molecule has 0 aliphatic rings. The largest absolute Gasteiger partial charge is 0.335 e. The molecule has 5 heteroatoms. The number of rotatable bonds is 6. The van der Waals surface area contributed by atoms with Gasteiger partial charge < -0.3 is 15.2 Å². The van der Waals surface area contributed by atoms with Crippen molar-refractivity contribution < 1.29 is 4.79 Å². The molecule has 1 aromatic carbocycles. The van der Waals surface area contributed by atoms with Gasteiger partial charge in [-0.25, -0.2) is 4.98 Å². The highest BCUT2D eigenvalue weighted by Gasteiger charge is 2.21. The van der Waals surface area contributed by atoms with E-state index in [0.29, 0.717) is 25.3 Å². The lowest BCUT2D eigenvalue weighted by atomic mass is 10.2. The first-order valence-corrected chi connectivity index (χ1v) is 7.18. The van der Waals surface area contributed by atoms with Gasteiger partial charge in [-0.05, 0) is 19.4 Å². The van der Waals surface area contributed by atoms with Gasteiger partial charge in [0.1, 0.15) is 5.69 Å². The second-order valence-electron chi connectivity index (χ2n) is 5.30. The zero-order valence-corrected chi connectivity index (χ0v) is 12.6. The summed E-state index contributed by atoms with van der Waals surface area (Å²) < 4.78 is 1.84. The fourth-order valence-corrected chi connectivity index (χ4v) is 2.16. The number of aromatic nitrogens is 2. The molecule has 0 radical (unpaired) electrons. The Morgan fingerprint density at radius 1 is 1.33 bits per heavy atom. The Kier molecular flexibility index (Phi) is 5.11. The molecule has 2 aromatic rings. The lowest BCUT2D eigenvalue weighted by Crippen LogP contribution is -2.36. The first-order valence-electron chi connectivity index (χ1n) is 7.18. The number of imidazole rings is 1. The van der Waals surface area contributed by atoms with E-state index < -0.39 is 0 Å². The Labute approximate surface area is 125 Å². The molecule has 5 nitrogen and oxygen atoms in total. The highest BCUT2D eigenvalue weighted by Crippen LogP contribution is 2.12. The molecule has 1 aromatic heterocycles. The van der Waals surface area contributed by atoms with Gasteiger partial charge in [0, 0.05) is 31.9 Å². The van der Waals surface area contributed by atoms with E-state index >= 15 is 0 Å². The van der Waals surface area contributed by atoms with E-state index in [1.165, 1.54) is 0 Å². The molecule has 112 valence electrons. The molecule has 2 N–H and O–H groups in total. The molecule has 2 rings (SSSR count). The summed E-state index contributed by atoms with van der Waals surface area (Å²) in [6.45, 7) is 5.80. The molecule has 0 aliphatic carbocycles. The van der Waals surface area contributed by atoms with Crippen LogP contribution in [-0.4, -0.2) is 32.9 Å². The van der Waals surface area contributed by atoms with Crippen LogP contribution in [0.1, 0.15) is 29.9 Å². The zero-order chi connectivity index (χ0) is 15.2. The topological polar surface area (TPSA) is 64.2 Å². The van der Waals surface area contributed by atoms with Crippen molar-refractivity contribution in [3.63, 3.8) is 0 Å². The fourth-order valence-electron chi connectivity index (χ4n) is 2.16. The SMILES string of the molecule is CC(C)N(Cc1ccccc1)C(=O)c1cn(CCN)cn1. The summed E-state index contributed by atoms with van der Waals surface area (Å²) >= 11 is 0. The van der Waals surface area contributed by atoms with Crippen LogP contribution in [0.25, 0.3) is 0 Å². The van der Waals surface area contributed by atoms with Crippen LogP contribution >= 0.6 is 0 Å². The Morgan fingerprint density at radius 3 is 2.67 bits per heavy atom. The summed E-state index contributed by atoms with van der Waals surface area (Å²) in [5.74, 6) is -0.0513. The summed E-state index contributed by atoms with van der Waals surface area (Å²) in [7, 11) is 0. The second kappa shape index (κ2) is 7.04. The number of carbonyl (C=O) groups excluding carboxylic acids is 1. The zero-order valence-electron chi connectivity index (χ0n) is 12.6. The quantitative estimate of drug-likeness (QED) is 0.882. The van der Waals surface area contributed by atoms with Gasteiger partial charge in [0.2, 0.25) is 0 Å². The standard InChI is InChI=1S/C16H22N4O/c1-13(2)20(10-14-6-4-3-5-7-14)16(21)15-11-19(9-8-17)12-18-15/h3-7,11-13H,8-10,17H2,1-2H3. The van der Waals surface area contributed by atoms with Crippen LogP contribution in [0, 0.1) is 0 Å². The number of hydrogen-bond donors (Lipinski definition) is 1. The predicted molar refractivity (Wildman–Crippen MR) is 82.7 cm³/mol. The summed E-state index contributed by atoms with van der Waals surface area (Å²) in [5.41, 5.74) is 7.09. The van der Waals surface area contributed by atoms with E-state index in [0.717, 1.165) is 5.56 Å². The monoisotopic (exact) mass is 286 g/mol. The Hall–Kier alpha value is -2.14. The lowest BCUT2D eigenvalue weighted by Gasteiger charge is -2.26. The van der Waals surface area contributed by atoms with E-state index in [-0.39, 0.29) is 11.9 Å². The molecule has 0 fully saturated rings. The van der Waals surface area contributed by atoms with Crippen molar-refractivity contribution in [3.8, 4) is 0 Å². The van der Waals surface area contributed by atoms with Gasteiger partial charge >= 0.3 is 0 Å². The van der Waals surface area contributed by atoms with Crippen LogP contribution in [-0.2, 0) is 13.1 Å². The molecule has 0 atom stereocenters. The molecule has 0 unspecified atom stereocenters. The van der Waals surface area contributed by atoms with Crippen molar-refractivity contribution in [2.24, 2.45) is 5.73 Å². The van der Waals surface area contributed by atoms with Crippen LogP contribution in [0.5, 0.6) is 0 Å². The number of amides is 1. The van der Waals surface area contributed by atoms with E-state index in [1.807, 2.05) is 53.6 Å². The average molecular weight is 286 g/mol. The molecule has 1 heterocycles. The van der Waals surface area contributed by atoms with Crippen molar-refractivity contribution in [1.29, 1.82) is 0 Å². The Morgan fingerprint density at radius 2 is 2.05 bits per heavy atom. The van der Waals surface area contributed by atoms with Crippen LogP contribution in [0.4, 0.5) is 0 Å². The van der Waals surface area contributed by atoms with Crippen molar-refractivity contribution in [3.05, 3.63) is 54.1 Å². The highest BCUT2D eigenvalue weighted by molar-refractivity contribution is 5.92. The van der Waals surface area contributed by atoms with E-state index in [9.17, 15) is 4.79 Å². The average Bonchev–Trinajstić information content (AvgIpc) is 2.94. The predicted octanol–water partition coefficient (Wildman–Crippen LogP) is 1.89. The van der Waals surface area contributed by atoms with Gasteiger partial charge in [0.25, 0.3) is 5.91 Å². The van der Waals surface area contributed by atoms with Crippen LogP contribution in [0.2, 0.25) is 0 Å². The molecule has 0 saturated heterocycles. The third-order valence-electron chi connectivity index (χ3n) is 3.32. The molecule has 0 bridgehead atoms. The smallest absolute Gasteiger partial charge is 0.274 e. The summed E-state index contributed by atoms with van der Waals surface area (Å²) in [5, 5.41) is 0. The lowest BCUT2D eigenvalue weighted by molar-refractivity contribution is 0.0684. The molecule has 0 aliphatic heterocycles. The van der Waals surface area contributed by atoms with Gasteiger partial charge in [-0.3, -0.25) is 4.79 Å². The Balaban J connectivity index is 2.15. The van der Waals surface area contributed by atoms with Gasteiger partial charge in [0.05, 0.1) is 6.33 Å². The van der Waals surface area contributed by atoms with Crippen molar-refractivity contribution in [2.45, 2.75) is 33.0 Å². The summed E-state index contributed by atoms with van der Waals surface area (Å²) in [4.78, 5) is 18.6. The molecule has 0 saturated carbocycles. The first kappa shape index (κ1) is 15.3. The van der Waals surface area contributed by atoms with Crippen molar-refractivity contribution >= 4 is 5.91 Å². The Bertz CT molecular complexity index is 577. The minimum Gasteiger partial charge on any atom is -0.335 e. The fraction of sp³-hybridized carbons (Fsp3) is 0.375. The van der Waals surface area contributed by atoms with Gasteiger partial charge in [-0.15, -0.1) is 0 Å². The van der Waals surface area contributed by atoms with Gasteiger partial charge in [0.15, 0.2) is 0 Å². The maximum absolute atomic E-state index is 12.6. The maximum atomic E-state index is 12.6. The third kappa shape index (κ3) is 3.92. The molecule has 21 heavy (non-hydrogen) atoms. The number of benzene rings is 1. The second-order valence-corrected chi connectivity index (χ2v) is 5.30. The van der Waals surface area contributed by atoms with Gasteiger partial charge in [-0.1, -0.05) is 30.3 Å². The maximum Gasteiger partial charge on any atom is 0.274 e. The van der Waals surface area contributed by atoms with Crippen molar-refractivity contribution in [2.75, 3.05) is 6.54 Å². The number of nitrogens with two attached hydrogens (primary N) is 1. The van der Waals surface area contributed by atoms with Crippen LogP contribution < -0.4 is 5.73 Å². The number of carbonyl (C=O) groups is 1. The highest BCUT2D eigenvalue weighted by atomic mass is 16.2. The van der Waals surface area contributed by atoms with E-state index in [2.05, 4.69) is 4.98 Å². The molecular weight excluding hydrogens is 264 g/mol. The van der Waals surface area contributed by atoms with Crippen LogP contribution in [0.15, 0.2) is 42.9 Å². The summed E-state index contributed by atoms with van der Waals surface area (Å²) in [6, 6.07) is 10.1. The summed E-state index contributed by atoms with van der Waals surface area (Å²) in [6.07, 6.45) is 3.41. The number of nitrogens with zero attached hydrogens (tertiary/aromatic N) is 3. The third-order valence-corrected chi connectivity index (χ3v) is 3.32. The number of hydrogen-bond acceptors (Lipinski definition) is 3. The van der Waals surface area contributed by atoms with Crippen LogP contribution in [0.3, 0.4) is 0 Å².